The van der Waals surface area contributed by atoms with E-state index in [0.717, 1.165) is 19.4 Å². The van der Waals surface area contributed by atoms with Crippen molar-refractivity contribution in [3.8, 4) is 0 Å². The van der Waals surface area contributed by atoms with Gasteiger partial charge < -0.3 is 15.4 Å². The molecule has 1 aliphatic heterocycles. The predicted octanol–water partition coefficient (Wildman–Crippen LogP) is 2.10. The van der Waals surface area contributed by atoms with Crippen LogP contribution < -0.4 is 10.6 Å². The number of halogens is 1. The third-order valence-electron chi connectivity index (χ3n) is 4.37. The molecule has 1 aromatic heterocycles. The van der Waals surface area contributed by atoms with Crippen LogP contribution in [0.1, 0.15) is 39.4 Å². The first kappa shape index (κ1) is 19.0. The van der Waals surface area contributed by atoms with E-state index in [9.17, 15) is 14.0 Å². The van der Waals surface area contributed by atoms with Gasteiger partial charge in [-0.15, -0.1) is 0 Å². The molecule has 0 aliphatic carbocycles. The number of pyridine rings is 1. The number of carbonyl (C=O) groups is 2. The van der Waals surface area contributed by atoms with Gasteiger partial charge in [0.2, 0.25) is 0 Å². The number of carbonyl (C=O) groups excluding carboxylic acids is 2. The van der Waals surface area contributed by atoms with Crippen LogP contribution in [0.4, 0.5) is 4.39 Å². The maximum Gasteiger partial charge on any atom is 0.269 e. The molecule has 0 radical (unpaired) electrons. The topological polar surface area (TPSA) is 80.3 Å². The summed E-state index contributed by atoms with van der Waals surface area (Å²) in [5.74, 6) is -1.04. The molecule has 1 atom stereocenters. The summed E-state index contributed by atoms with van der Waals surface area (Å²) in [6.45, 7) is 1.43. The Balaban J connectivity index is 1.51. The molecule has 1 unspecified atom stereocenters. The Hall–Kier alpha value is -2.80. The smallest absolute Gasteiger partial charge is 0.269 e. The van der Waals surface area contributed by atoms with Crippen molar-refractivity contribution in [3.63, 3.8) is 0 Å². The standard InChI is InChI=1S/C20H22FN3O3/c21-16-7-2-1-5-14(16)10-11-22-19(25)17-8-3-9-18(24-17)20(26)23-13-15-6-4-12-27-15/h1-3,5,7-9,15H,4,6,10-13H2,(H,22,25)(H,23,26). The number of hydrogen-bond acceptors (Lipinski definition) is 4. The Labute approximate surface area is 157 Å². The van der Waals surface area contributed by atoms with Gasteiger partial charge in [-0.1, -0.05) is 24.3 Å². The van der Waals surface area contributed by atoms with Crippen molar-refractivity contribution in [2.24, 2.45) is 0 Å². The Kier molecular flexibility index (Phi) is 6.49. The number of nitrogens with one attached hydrogen (secondary N) is 2. The molecule has 1 aliphatic rings. The lowest BCUT2D eigenvalue weighted by atomic mass is 10.1. The minimum absolute atomic E-state index is 0.0406. The average molecular weight is 371 g/mol. The molecule has 7 heteroatoms. The van der Waals surface area contributed by atoms with E-state index in [1.807, 2.05) is 0 Å². The van der Waals surface area contributed by atoms with Gasteiger partial charge >= 0.3 is 0 Å². The molecule has 142 valence electrons. The van der Waals surface area contributed by atoms with Gasteiger partial charge in [-0.3, -0.25) is 9.59 Å². The van der Waals surface area contributed by atoms with Gasteiger partial charge in [0.15, 0.2) is 0 Å². The van der Waals surface area contributed by atoms with E-state index in [-0.39, 0.29) is 35.8 Å². The minimum atomic E-state index is -0.403. The SMILES string of the molecule is O=C(NCCc1ccccc1F)c1cccc(C(=O)NCC2CCCO2)n1. The zero-order valence-electron chi connectivity index (χ0n) is 14.9. The molecule has 0 saturated carbocycles. The zero-order valence-corrected chi connectivity index (χ0v) is 14.9. The number of ether oxygens (including phenoxy) is 1. The highest BCUT2D eigenvalue weighted by molar-refractivity contribution is 5.96. The van der Waals surface area contributed by atoms with Crippen LogP contribution in [0.3, 0.4) is 0 Å². The Bertz CT molecular complexity index is 807. The second-order valence-electron chi connectivity index (χ2n) is 6.35. The van der Waals surface area contributed by atoms with Crippen molar-refractivity contribution in [2.45, 2.75) is 25.4 Å². The lowest BCUT2D eigenvalue weighted by Crippen LogP contribution is -2.33. The minimum Gasteiger partial charge on any atom is -0.376 e. The van der Waals surface area contributed by atoms with Gasteiger partial charge in [0.1, 0.15) is 17.2 Å². The summed E-state index contributed by atoms with van der Waals surface area (Å²) < 4.78 is 19.0. The van der Waals surface area contributed by atoms with E-state index in [0.29, 0.717) is 18.5 Å². The van der Waals surface area contributed by atoms with Crippen LogP contribution in [-0.2, 0) is 11.2 Å². The summed E-state index contributed by atoms with van der Waals surface area (Å²) in [5, 5.41) is 5.48. The number of amides is 2. The first-order valence-corrected chi connectivity index (χ1v) is 9.02. The third kappa shape index (κ3) is 5.34. The second-order valence-corrected chi connectivity index (χ2v) is 6.35. The number of aromatic nitrogens is 1. The molecule has 1 saturated heterocycles. The number of benzene rings is 1. The molecular weight excluding hydrogens is 349 g/mol. The van der Waals surface area contributed by atoms with Gasteiger partial charge in [-0.2, -0.15) is 0 Å². The first-order chi connectivity index (χ1) is 13.1. The third-order valence-corrected chi connectivity index (χ3v) is 4.37. The molecule has 2 aromatic rings. The van der Waals surface area contributed by atoms with Crippen LogP contribution in [0.15, 0.2) is 42.5 Å². The quantitative estimate of drug-likeness (QED) is 0.781. The maximum absolute atomic E-state index is 13.6. The number of hydrogen-bond donors (Lipinski definition) is 2. The van der Waals surface area contributed by atoms with Crippen molar-refractivity contribution >= 4 is 11.8 Å². The summed E-state index contributed by atoms with van der Waals surface area (Å²) in [4.78, 5) is 28.6. The fraction of sp³-hybridized carbons (Fsp3) is 0.350. The van der Waals surface area contributed by atoms with Crippen LogP contribution in [0, 0.1) is 5.82 Å². The van der Waals surface area contributed by atoms with Crippen LogP contribution in [0.5, 0.6) is 0 Å². The summed E-state index contributed by atoms with van der Waals surface area (Å²) in [6.07, 6.45) is 2.35. The molecule has 2 N–H and O–H groups in total. The molecule has 2 heterocycles. The molecule has 1 fully saturated rings. The van der Waals surface area contributed by atoms with E-state index >= 15 is 0 Å². The second kappa shape index (κ2) is 9.23. The van der Waals surface area contributed by atoms with Crippen LogP contribution >= 0.6 is 0 Å². The average Bonchev–Trinajstić information content (AvgIpc) is 3.21. The molecule has 3 rings (SSSR count). The van der Waals surface area contributed by atoms with Crippen LogP contribution in [0.2, 0.25) is 0 Å². The Morgan fingerprint density at radius 1 is 1.07 bits per heavy atom. The molecule has 27 heavy (non-hydrogen) atoms. The van der Waals surface area contributed by atoms with Crippen LogP contribution in [0.25, 0.3) is 0 Å². The van der Waals surface area contributed by atoms with Gasteiger partial charge in [-0.25, -0.2) is 9.37 Å². The van der Waals surface area contributed by atoms with Crippen molar-refractivity contribution in [3.05, 3.63) is 65.2 Å². The summed E-state index contributed by atoms with van der Waals surface area (Å²) >= 11 is 0. The molecule has 1 aromatic carbocycles. The summed E-state index contributed by atoms with van der Waals surface area (Å²) in [5.41, 5.74) is 0.857. The Morgan fingerprint density at radius 3 is 2.52 bits per heavy atom. The highest BCUT2D eigenvalue weighted by Gasteiger charge is 2.18. The fourth-order valence-corrected chi connectivity index (χ4v) is 2.89. The lowest BCUT2D eigenvalue weighted by molar-refractivity contribution is 0.0853. The van der Waals surface area contributed by atoms with E-state index in [1.54, 1.807) is 30.3 Å². The lowest BCUT2D eigenvalue weighted by Gasteiger charge is -2.11. The van der Waals surface area contributed by atoms with Gasteiger partial charge in [0, 0.05) is 19.7 Å². The molecule has 0 spiro atoms. The molecule has 2 amide bonds. The van der Waals surface area contributed by atoms with Crippen molar-refractivity contribution in [1.82, 2.24) is 15.6 Å². The van der Waals surface area contributed by atoms with Crippen molar-refractivity contribution < 1.29 is 18.7 Å². The highest BCUT2D eigenvalue weighted by Crippen LogP contribution is 2.11. The molecule has 6 nitrogen and oxygen atoms in total. The van der Waals surface area contributed by atoms with E-state index in [2.05, 4.69) is 15.6 Å². The molecule has 0 bridgehead atoms. The monoisotopic (exact) mass is 371 g/mol. The van der Waals surface area contributed by atoms with Crippen molar-refractivity contribution in [1.29, 1.82) is 0 Å². The van der Waals surface area contributed by atoms with Gasteiger partial charge in [-0.05, 0) is 43.0 Å². The van der Waals surface area contributed by atoms with Gasteiger partial charge in [0.05, 0.1) is 6.10 Å². The highest BCUT2D eigenvalue weighted by atomic mass is 19.1. The van der Waals surface area contributed by atoms with Gasteiger partial charge in [0.25, 0.3) is 11.8 Å². The largest absolute Gasteiger partial charge is 0.376 e. The summed E-state index contributed by atoms with van der Waals surface area (Å²) in [6, 6.07) is 11.1. The zero-order chi connectivity index (χ0) is 19.1. The van der Waals surface area contributed by atoms with Crippen molar-refractivity contribution in [2.75, 3.05) is 19.7 Å². The van der Waals surface area contributed by atoms with Crippen LogP contribution in [-0.4, -0.2) is 42.6 Å². The number of nitrogens with zero attached hydrogens (tertiary/aromatic N) is 1. The number of rotatable bonds is 7. The first-order valence-electron chi connectivity index (χ1n) is 9.02. The summed E-state index contributed by atoms with van der Waals surface area (Å²) in [7, 11) is 0. The molecular formula is C20H22FN3O3. The fourth-order valence-electron chi connectivity index (χ4n) is 2.89. The van der Waals surface area contributed by atoms with E-state index < -0.39 is 5.91 Å². The maximum atomic E-state index is 13.6. The van der Waals surface area contributed by atoms with E-state index in [4.69, 9.17) is 4.74 Å². The Morgan fingerprint density at radius 2 is 1.81 bits per heavy atom. The normalized spacial score (nSPS) is 16.1. The van der Waals surface area contributed by atoms with E-state index in [1.165, 1.54) is 12.1 Å². The predicted molar refractivity (Wildman–Crippen MR) is 98.0 cm³/mol.